The minimum absolute atomic E-state index is 0.276. The highest BCUT2D eigenvalue weighted by molar-refractivity contribution is 6.26. The van der Waals surface area contributed by atoms with Gasteiger partial charge in [0.05, 0.1) is 11.6 Å². The fourth-order valence-corrected chi connectivity index (χ4v) is 3.23. The molecule has 0 saturated heterocycles. The number of benzene rings is 2. The van der Waals surface area contributed by atoms with Gasteiger partial charge in [-0.2, -0.15) is 0 Å². The molecule has 0 aliphatic rings. The van der Waals surface area contributed by atoms with Crippen LogP contribution >= 0.6 is 0 Å². The van der Waals surface area contributed by atoms with Gasteiger partial charge in [0.1, 0.15) is 11.3 Å². The Bertz CT molecular complexity index is 1190. The largest absolute Gasteiger partial charge is 0.507 e. The molecule has 0 spiro atoms. The normalized spacial score (nSPS) is 11.8. The van der Waals surface area contributed by atoms with Crippen molar-refractivity contribution in [3.05, 3.63) is 61.1 Å². The highest BCUT2D eigenvalue weighted by Gasteiger charge is 2.18. The molecular formula is C19H11O3+. The molecule has 0 aliphatic heterocycles. The van der Waals surface area contributed by atoms with Gasteiger partial charge in [0.15, 0.2) is 0 Å². The van der Waals surface area contributed by atoms with Gasteiger partial charge in [-0.1, -0.05) is 0 Å². The van der Waals surface area contributed by atoms with Crippen LogP contribution in [0, 0.1) is 0 Å². The molecule has 5 aromatic rings. The van der Waals surface area contributed by atoms with Gasteiger partial charge < -0.3 is 9.52 Å². The molecule has 0 amide bonds. The van der Waals surface area contributed by atoms with Crippen molar-refractivity contribution in [1.82, 2.24) is 0 Å². The second kappa shape index (κ2) is 3.98. The summed E-state index contributed by atoms with van der Waals surface area (Å²) < 4.78 is 11.0. The Labute approximate surface area is 125 Å². The van der Waals surface area contributed by atoms with Crippen LogP contribution in [-0.4, -0.2) is 5.11 Å². The predicted molar refractivity (Wildman–Crippen MR) is 87.1 cm³/mol. The van der Waals surface area contributed by atoms with Gasteiger partial charge in [0.2, 0.25) is 0 Å². The van der Waals surface area contributed by atoms with E-state index in [1.165, 1.54) is 0 Å². The molecular weight excluding hydrogens is 276 g/mol. The summed E-state index contributed by atoms with van der Waals surface area (Å²) >= 11 is 0. The van der Waals surface area contributed by atoms with Gasteiger partial charge in [0.25, 0.3) is 0 Å². The molecule has 0 saturated carbocycles. The van der Waals surface area contributed by atoms with E-state index in [2.05, 4.69) is 6.07 Å². The molecule has 0 radical (unpaired) electrons. The first kappa shape index (κ1) is 11.6. The fourth-order valence-electron chi connectivity index (χ4n) is 3.23. The van der Waals surface area contributed by atoms with E-state index in [9.17, 15) is 5.11 Å². The molecule has 5 rings (SSSR count). The van der Waals surface area contributed by atoms with E-state index in [-0.39, 0.29) is 5.75 Å². The molecule has 2 heterocycles. The van der Waals surface area contributed by atoms with Crippen molar-refractivity contribution < 1.29 is 13.9 Å². The zero-order valence-corrected chi connectivity index (χ0v) is 11.5. The lowest BCUT2D eigenvalue weighted by Gasteiger charge is -1.98. The van der Waals surface area contributed by atoms with Crippen LogP contribution in [0.2, 0.25) is 0 Å². The third-order valence-electron chi connectivity index (χ3n) is 4.22. The van der Waals surface area contributed by atoms with Crippen LogP contribution in [0.4, 0.5) is 0 Å². The maximum absolute atomic E-state index is 10.7. The molecule has 0 atom stereocenters. The van der Waals surface area contributed by atoms with Crippen LogP contribution in [0.5, 0.6) is 5.75 Å². The van der Waals surface area contributed by atoms with Crippen molar-refractivity contribution in [2.24, 2.45) is 0 Å². The van der Waals surface area contributed by atoms with Crippen LogP contribution in [0.25, 0.3) is 43.5 Å². The Morgan fingerprint density at radius 1 is 0.864 bits per heavy atom. The van der Waals surface area contributed by atoms with E-state index in [0.717, 1.165) is 43.5 Å². The molecule has 1 N–H and O–H groups in total. The van der Waals surface area contributed by atoms with Gasteiger partial charge in [0, 0.05) is 28.3 Å². The lowest BCUT2D eigenvalue weighted by atomic mass is 10.1. The summed E-state index contributed by atoms with van der Waals surface area (Å²) in [7, 11) is 0. The maximum atomic E-state index is 10.7. The van der Waals surface area contributed by atoms with Crippen molar-refractivity contribution in [3.63, 3.8) is 0 Å². The molecule has 2 aromatic heterocycles. The molecule has 104 valence electrons. The van der Waals surface area contributed by atoms with Gasteiger partial charge in [-0.25, -0.2) is 4.42 Å². The molecule has 22 heavy (non-hydrogen) atoms. The van der Waals surface area contributed by atoms with Gasteiger partial charge in [-0.15, -0.1) is 0 Å². The Morgan fingerprint density at radius 3 is 2.77 bits per heavy atom. The Morgan fingerprint density at radius 2 is 1.82 bits per heavy atom. The first-order chi connectivity index (χ1) is 10.8. The second-order valence-corrected chi connectivity index (χ2v) is 5.41. The summed E-state index contributed by atoms with van der Waals surface area (Å²) in [4.78, 5) is 0. The maximum Gasteiger partial charge on any atom is 0.360 e. The van der Waals surface area contributed by atoms with E-state index in [4.69, 9.17) is 8.83 Å². The number of rotatable bonds is 0. The summed E-state index contributed by atoms with van der Waals surface area (Å²) in [5.41, 5.74) is 1.52. The number of hydrogen-bond acceptors (Lipinski definition) is 2. The van der Waals surface area contributed by atoms with Crippen LogP contribution in [0.3, 0.4) is 0 Å². The van der Waals surface area contributed by atoms with E-state index in [0.29, 0.717) is 0 Å². The SMILES string of the molecule is Oc1c2cc3occcc3cc2c2ccc3[o+]cccc3c12. The Balaban J connectivity index is 2.09. The van der Waals surface area contributed by atoms with Crippen molar-refractivity contribution in [2.45, 2.75) is 0 Å². The minimum Gasteiger partial charge on any atom is -0.507 e. The molecule has 0 unspecified atom stereocenters. The van der Waals surface area contributed by atoms with Gasteiger partial charge in [-0.05, 0) is 47.2 Å². The average molecular weight is 287 g/mol. The van der Waals surface area contributed by atoms with Gasteiger partial charge >= 0.3 is 11.8 Å². The standard InChI is InChI=1S/C19H10O3/c20-19-15-10-17-11(3-1-7-22-17)9-14(15)12-5-6-16-13(18(12)19)4-2-8-21-16/h1-10H/p+1. The van der Waals surface area contributed by atoms with Crippen molar-refractivity contribution in [2.75, 3.05) is 0 Å². The molecule has 3 aromatic carbocycles. The van der Waals surface area contributed by atoms with Crippen LogP contribution in [-0.2, 0) is 0 Å². The molecule has 0 bridgehead atoms. The van der Waals surface area contributed by atoms with Crippen molar-refractivity contribution in [1.29, 1.82) is 0 Å². The third kappa shape index (κ3) is 1.37. The van der Waals surface area contributed by atoms with Crippen molar-refractivity contribution in [3.8, 4) is 5.75 Å². The lowest BCUT2D eigenvalue weighted by molar-refractivity contribution is 0.488. The molecule has 3 nitrogen and oxygen atoms in total. The van der Waals surface area contributed by atoms with E-state index in [1.54, 1.807) is 12.5 Å². The van der Waals surface area contributed by atoms with Crippen LogP contribution in [0.1, 0.15) is 0 Å². The second-order valence-electron chi connectivity index (χ2n) is 5.41. The Kier molecular flexibility index (Phi) is 2.09. The highest BCUT2D eigenvalue weighted by atomic mass is 16.3. The van der Waals surface area contributed by atoms with E-state index >= 15 is 0 Å². The zero-order chi connectivity index (χ0) is 14.7. The molecule has 0 fully saturated rings. The fraction of sp³-hybridized carbons (Fsp3) is 0. The van der Waals surface area contributed by atoms with E-state index in [1.807, 2.05) is 42.5 Å². The molecule has 0 aliphatic carbocycles. The third-order valence-corrected chi connectivity index (χ3v) is 4.22. The summed E-state index contributed by atoms with van der Waals surface area (Å²) in [6.45, 7) is 0. The zero-order valence-electron chi connectivity index (χ0n) is 11.5. The monoisotopic (exact) mass is 287 g/mol. The van der Waals surface area contributed by atoms with Gasteiger partial charge in [-0.3, -0.25) is 0 Å². The predicted octanol–water partition coefficient (Wildman–Crippen LogP) is 5.47. The minimum atomic E-state index is 0.276. The smallest absolute Gasteiger partial charge is 0.360 e. The Hall–Kier alpha value is -3.07. The number of fused-ring (bicyclic) bond motifs is 6. The quantitative estimate of drug-likeness (QED) is 0.384. The number of aromatic hydroxyl groups is 1. The summed E-state index contributed by atoms with van der Waals surface area (Å²) in [6, 6.07) is 15.6. The molecule has 3 heteroatoms. The first-order valence-corrected chi connectivity index (χ1v) is 7.08. The van der Waals surface area contributed by atoms with Crippen molar-refractivity contribution >= 4 is 43.5 Å². The van der Waals surface area contributed by atoms with Crippen LogP contribution in [0.15, 0.2) is 69.9 Å². The number of hydrogen-bond donors (Lipinski definition) is 1. The summed E-state index contributed by atoms with van der Waals surface area (Å²) in [6.07, 6.45) is 3.28. The van der Waals surface area contributed by atoms with E-state index < -0.39 is 0 Å². The average Bonchev–Trinajstić information content (AvgIpc) is 2.85. The highest BCUT2D eigenvalue weighted by Crippen LogP contribution is 2.43. The van der Waals surface area contributed by atoms with Crippen LogP contribution < -0.4 is 0 Å². The lowest BCUT2D eigenvalue weighted by Crippen LogP contribution is -1.73. The summed E-state index contributed by atoms with van der Waals surface area (Å²) in [5.74, 6) is 0.276. The topological polar surface area (TPSA) is 44.7 Å². The summed E-state index contributed by atoms with van der Waals surface area (Å²) in [5, 5.41) is 16.3. The first-order valence-electron chi connectivity index (χ1n) is 7.08.